The molecule has 0 saturated heterocycles. The van der Waals surface area contributed by atoms with Crippen molar-refractivity contribution in [2.45, 2.75) is 5.41 Å². The van der Waals surface area contributed by atoms with E-state index in [0.717, 1.165) is 94.3 Å². The van der Waals surface area contributed by atoms with Gasteiger partial charge in [-0.3, -0.25) is 0 Å². The Labute approximate surface area is 427 Å². The fraction of sp³-hybridized carbons (Fsp3) is 0.0141. The first-order valence-corrected chi connectivity index (χ1v) is 25.5. The molecule has 0 fully saturated rings. The number of benzene rings is 12. The van der Waals surface area contributed by atoms with Gasteiger partial charge in [0.1, 0.15) is 22.3 Å². The van der Waals surface area contributed by atoms with E-state index in [4.69, 9.17) is 8.83 Å². The Hall–Kier alpha value is -9.70. The Kier molecular flexibility index (Phi) is 8.66. The molecular weight excluding hydrogens is 899 g/mol. The lowest BCUT2D eigenvalue weighted by molar-refractivity contribution is 0.670. The third kappa shape index (κ3) is 5.84. The van der Waals surface area contributed by atoms with Crippen LogP contribution in [0, 0.1) is 0 Å². The lowest BCUT2D eigenvalue weighted by atomic mass is 9.70. The van der Waals surface area contributed by atoms with Crippen LogP contribution in [-0.4, -0.2) is 0 Å². The van der Waals surface area contributed by atoms with Crippen molar-refractivity contribution in [2.75, 3.05) is 4.90 Å². The smallest absolute Gasteiger partial charge is 0.143 e. The third-order valence-electron chi connectivity index (χ3n) is 16.1. The van der Waals surface area contributed by atoms with E-state index in [2.05, 4.69) is 254 Å². The number of rotatable bonds is 6. The highest BCUT2D eigenvalue weighted by Gasteiger charge is 2.51. The summed E-state index contributed by atoms with van der Waals surface area (Å²) in [4.78, 5) is 2.44. The summed E-state index contributed by atoms with van der Waals surface area (Å²) in [7, 11) is 0. The highest BCUT2D eigenvalue weighted by atomic mass is 16.3. The predicted octanol–water partition coefficient (Wildman–Crippen LogP) is 19.5. The molecule has 16 rings (SSSR count). The van der Waals surface area contributed by atoms with Crippen LogP contribution < -0.4 is 4.90 Å². The van der Waals surface area contributed by atoms with E-state index in [1.165, 1.54) is 55.3 Å². The minimum atomic E-state index is -0.462. The summed E-state index contributed by atoms with van der Waals surface area (Å²) in [5.74, 6) is 0. The number of hydrogen-bond donors (Lipinski definition) is 0. The zero-order valence-corrected chi connectivity index (χ0v) is 40.1. The van der Waals surface area contributed by atoms with E-state index in [0.29, 0.717) is 0 Å². The van der Waals surface area contributed by atoms with Gasteiger partial charge in [0.25, 0.3) is 0 Å². The van der Waals surface area contributed by atoms with Gasteiger partial charge in [-0.2, -0.15) is 0 Å². The van der Waals surface area contributed by atoms with Crippen LogP contribution in [0.25, 0.3) is 110 Å². The van der Waals surface area contributed by atoms with Gasteiger partial charge in [0, 0.05) is 49.7 Å². The fourth-order valence-electron chi connectivity index (χ4n) is 12.8. The average Bonchev–Trinajstić information content (AvgIpc) is 4.22. The molecule has 2 aromatic heterocycles. The maximum atomic E-state index is 6.68. The van der Waals surface area contributed by atoms with E-state index in [1.54, 1.807) is 0 Å². The predicted molar refractivity (Wildman–Crippen MR) is 306 cm³/mol. The Morgan fingerprint density at radius 1 is 0.257 bits per heavy atom. The molecule has 0 aliphatic heterocycles. The Morgan fingerprint density at radius 2 is 0.689 bits per heavy atom. The topological polar surface area (TPSA) is 29.5 Å². The summed E-state index contributed by atoms with van der Waals surface area (Å²) < 4.78 is 13.4. The van der Waals surface area contributed by atoms with Crippen LogP contribution >= 0.6 is 0 Å². The van der Waals surface area contributed by atoms with Crippen molar-refractivity contribution >= 4 is 71.7 Å². The normalized spacial score (nSPS) is 13.0. The van der Waals surface area contributed by atoms with E-state index in [-0.39, 0.29) is 0 Å². The second kappa shape index (κ2) is 15.6. The third-order valence-corrected chi connectivity index (χ3v) is 16.1. The lowest BCUT2D eigenvalue weighted by Gasteiger charge is -2.32. The summed E-state index contributed by atoms with van der Waals surface area (Å²) >= 11 is 0. The van der Waals surface area contributed by atoms with Gasteiger partial charge in [-0.25, -0.2) is 0 Å². The number of fused-ring (bicyclic) bond motifs is 17. The van der Waals surface area contributed by atoms with E-state index >= 15 is 0 Å². The number of para-hydroxylation sites is 4. The van der Waals surface area contributed by atoms with Crippen LogP contribution in [0.15, 0.2) is 270 Å². The van der Waals surface area contributed by atoms with Crippen molar-refractivity contribution in [1.82, 2.24) is 0 Å². The number of anilines is 3. The van der Waals surface area contributed by atoms with E-state index < -0.39 is 5.41 Å². The fourth-order valence-corrected chi connectivity index (χ4v) is 12.8. The summed E-state index contributed by atoms with van der Waals surface area (Å²) in [6.45, 7) is 0. The van der Waals surface area contributed by atoms with Gasteiger partial charge in [0.2, 0.25) is 0 Å². The molecule has 0 unspecified atom stereocenters. The largest absolute Gasteiger partial charge is 0.455 e. The Morgan fingerprint density at radius 3 is 1.28 bits per heavy atom. The second-order valence-corrected chi connectivity index (χ2v) is 19.9. The minimum absolute atomic E-state index is 0.462. The van der Waals surface area contributed by atoms with E-state index in [9.17, 15) is 0 Å². The summed E-state index contributed by atoms with van der Waals surface area (Å²) in [5, 5.41) is 6.83. The van der Waals surface area contributed by atoms with Gasteiger partial charge in [-0.15, -0.1) is 0 Å². The SMILES string of the molecule is c1ccc2c(c1)-c1ccccc1C21c2ccccc2-c2ccc(N(c3ccc(-c4cc(-c5cccc6c5oc5ccccc56)cc(-c5cccc6c5oc5ccccc56)c4)cc3)c3ccc4ccccc4c3)cc21. The molecule has 2 heterocycles. The molecule has 0 N–H and O–H groups in total. The van der Waals surface area contributed by atoms with Gasteiger partial charge < -0.3 is 13.7 Å². The van der Waals surface area contributed by atoms with Gasteiger partial charge in [0.15, 0.2) is 0 Å². The number of furan rings is 2. The summed E-state index contributed by atoms with van der Waals surface area (Å²) in [6, 6.07) is 95.4. The molecule has 0 radical (unpaired) electrons. The highest BCUT2D eigenvalue weighted by molar-refractivity contribution is 6.12. The van der Waals surface area contributed by atoms with Crippen molar-refractivity contribution < 1.29 is 8.83 Å². The molecular formula is C71H43NO2. The van der Waals surface area contributed by atoms with Crippen LogP contribution in [0.1, 0.15) is 22.3 Å². The van der Waals surface area contributed by atoms with Crippen molar-refractivity contribution in [3.8, 4) is 55.6 Å². The van der Waals surface area contributed by atoms with Crippen LogP contribution in [0.3, 0.4) is 0 Å². The molecule has 0 bridgehead atoms. The number of nitrogens with zero attached hydrogens (tertiary/aromatic N) is 1. The molecule has 2 aliphatic carbocycles. The Bertz CT molecular complexity index is 4430. The van der Waals surface area contributed by atoms with Crippen LogP contribution in [0.2, 0.25) is 0 Å². The van der Waals surface area contributed by atoms with Crippen LogP contribution in [0.5, 0.6) is 0 Å². The van der Waals surface area contributed by atoms with Crippen LogP contribution in [-0.2, 0) is 5.41 Å². The first-order chi connectivity index (χ1) is 36.7. The Balaban J connectivity index is 0.886. The summed E-state index contributed by atoms with van der Waals surface area (Å²) in [5.41, 5.74) is 23.2. The lowest BCUT2D eigenvalue weighted by Crippen LogP contribution is -2.26. The first-order valence-electron chi connectivity index (χ1n) is 25.5. The maximum Gasteiger partial charge on any atom is 0.143 e. The van der Waals surface area contributed by atoms with Crippen molar-refractivity contribution in [3.63, 3.8) is 0 Å². The second-order valence-electron chi connectivity index (χ2n) is 19.9. The first kappa shape index (κ1) is 41.0. The molecule has 344 valence electrons. The van der Waals surface area contributed by atoms with Gasteiger partial charge in [0.05, 0.1) is 5.41 Å². The molecule has 2 aliphatic rings. The standard InChI is InChI=1S/C71H43NO2/c1-2-16-46-42-51(36-33-44(46)15-1)72(52-37-38-58-57-19-5-10-28-65(57)71(66(58)43-52)63-26-8-3-17-55(63)56-18-4-9-27-64(56)71)50-34-31-45(32-35-50)47-39-48(53-22-13-24-61-59-20-6-11-29-67(59)73-69(53)61)41-49(40-47)54-23-14-25-62-60-21-7-12-30-68(60)74-70(54)62/h1-43H. The van der Waals surface area contributed by atoms with Gasteiger partial charge in [-0.05, 0) is 144 Å². The molecule has 3 heteroatoms. The maximum absolute atomic E-state index is 6.68. The van der Waals surface area contributed by atoms with Crippen LogP contribution in [0.4, 0.5) is 17.1 Å². The van der Waals surface area contributed by atoms with Crippen molar-refractivity contribution in [3.05, 3.63) is 283 Å². The van der Waals surface area contributed by atoms with Crippen molar-refractivity contribution in [1.29, 1.82) is 0 Å². The monoisotopic (exact) mass is 941 g/mol. The molecule has 3 nitrogen and oxygen atoms in total. The molecule has 12 aromatic carbocycles. The minimum Gasteiger partial charge on any atom is -0.455 e. The summed E-state index contributed by atoms with van der Waals surface area (Å²) in [6.07, 6.45) is 0. The molecule has 0 amide bonds. The van der Waals surface area contributed by atoms with Gasteiger partial charge >= 0.3 is 0 Å². The number of hydrogen-bond acceptors (Lipinski definition) is 3. The van der Waals surface area contributed by atoms with Gasteiger partial charge in [-0.1, -0.05) is 194 Å². The molecule has 0 saturated carbocycles. The van der Waals surface area contributed by atoms with Crippen molar-refractivity contribution in [2.24, 2.45) is 0 Å². The zero-order chi connectivity index (χ0) is 48.5. The average molecular weight is 942 g/mol. The molecule has 74 heavy (non-hydrogen) atoms. The molecule has 14 aromatic rings. The van der Waals surface area contributed by atoms with E-state index in [1.807, 2.05) is 12.1 Å². The highest BCUT2D eigenvalue weighted by Crippen LogP contribution is 2.63. The quantitative estimate of drug-likeness (QED) is 0.166. The molecule has 0 atom stereocenters. The zero-order valence-electron chi connectivity index (χ0n) is 40.1. The molecule has 1 spiro atoms.